The summed E-state index contributed by atoms with van der Waals surface area (Å²) < 4.78 is 5.75. The maximum absolute atomic E-state index is 11.4. The Kier molecular flexibility index (Phi) is 6.89. The van der Waals surface area contributed by atoms with E-state index >= 15 is 0 Å². The number of Topliss-reactive ketones (excluding diaryl/α,β-unsaturated/α-hetero) is 1. The van der Waals surface area contributed by atoms with Gasteiger partial charge in [-0.25, -0.2) is 0 Å². The molecule has 1 heterocycles. The molecule has 4 heteroatoms. The van der Waals surface area contributed by atoms with Crippen LogP contribution in [0, 0.1) is 5.92 Å². The Balaban J connectivity index is 0.00000180. The zero-order valence-corrected chi connectivity index (χ0v) is 12.2. The van der Waals surface area contributed by atoms with Crippen molar-refractivity contribution in [3.05, 3.63) is 29.8 Å². The first-order valence-electron chi connectivity index (χ1n) is 6.71. The molecule has 0 saturated carbocycles. The minimum absolute atomic E-state index is 0. The molecule has 1 aliphatic rings. The fraction of sp³-hybridized carbons (Fsp3) is 0.533. The highest BCUT2D eigenvalue weighted by atomic mass is 35.5. The van der Waals surface area contributed by atoms with Crippen molar-refractivity contribution in [3.8, 4) is 5.75 Å². The molecule has 0 radical (unpaired) electrons. The number of carbonyl (C=O) groups excluding carboxylic acids is 1. The van der Waals surface area contributed by atoms with Crippen LogP contribution in [0.3, 0.4) is 0 Å². The molecule has 1 fully saturated rings. The molecule has 1 aliphatic heterocycles. The standard InChI is InChI=1S/C15H21NO2.ClH/c1-12(17)14-6-2-3-7-15(14)18-10-8-13-5-4-9-16-11-13;/h2-3,6-7,13,16H,4-5,8-11H2,1H3;1H. The first-order valence-corrected chi connectivity index (χ1v) is 6.71. The smallest absolute Gasteiger partial charge is 0.163 e. The molecule has 3 nitrogen and oxygen atoms in total. The summed E-state index contributed by atoms with van der Waals surface area (Å²) in [4.78, 5) is 11.4. The third-order valence-electron chi connectivity index (χ3n) is 3.45. The summed E-state index contributed by atoms with van der Waals surface area (Å²) >= 11 is 0. The van der Waals surface area contributed by atoms with Crippen LogP contribution in [-0.4, -0.2) is 25.5 Å². The summed E-state index contributed by atoms with van der Waals surface area (Å²) in [5.41, 5.74) is 0.680. The quantitative estimate of drug-likeness (QED) is 0.844. The summed E-state index contributed by atoms with van der Waals surface area (Å²) in [5, 5.41) is 3.40. The van der Waals surface area contributed by atoms with Crippen LogP contribution in [0.2, 0.25) is 0 Å². The van der Waals surface area contributed by atoms with Crippen molar-refractivity contribution in [2.45, 2.75) is 26.2 Å². The number of piperidine rings is 1. The van der Waals surface area contributed by atoms with Crippen LogP contribution in [0.5, 0.6) is 5.75 Å². The molecule has 19 heavy (non-hydrogen) atoms. The predicted octanol–water partition coefficient (Wildman–Crippen LogP) is 3.08. The number of hydrogen-bond acceptors (Lipinski definition) is 3. The number of para-hydroxylation sites is 1. The van der Waals surface area contributed by atoms with E-state index < -0.39 is 0 Å². The van der Waals surface area contributed by atoms with Crippen LogP contribution >= 0.6 is 12.4 Å². The Morgan fingerprint density at radius 3 is 2.89 bits per heavy atom. The SMILES string of the molecule is CC(=O)c1ccccc1OCCC1CCCNC1.Cl. The lowest BCUT2D eigenvalue weighted by atomic mass is 9.97. The second-order valence-electron chi connectivity index (χ2n) is 4.90. The molecule has 0 amide bonds. The second-order valence-corrected chi connectivity index (χ2v) is 4.90. The van der Waals surface area contributed by atoms with E-state index in [4.69, 9.17) is 4.74 Å². The Bertz CT molecular complexity index is 403. The van der Waals surface area contributed by atoms with Crippen molar-refractivity contribution in [2.24, 2.45) is 5.92 Å². The number of carbonyl (C=O) groups is 1. The van der Waals surface area contributed by atoms with Gasteiger partial charge in [0.15, 0.2) is 5.78 Å². The zero-order chi connectivity index (χ0) is 12.8. The van der Waals surface area contributed by atoms with Gasteiger partial charge in [-0.3, -0.25) is 4.79 Å². The maximum atomic E-state index is 11.4. The van der Waals surface area contributed by atoms with E-state index in [1.165, 1.54) is 12.8 Å². The summed E-state index contributed by atoms with van der Waals surface area (Å²) in [6.45, 7) is 4.51. The van der Waals surface area contributed by atoms with E-state index in [0.29, 0.717) is 23.8 Å². The van der Waals surface area contributed by atoms with Gasteiger partial charge in [-0.15, -0.1) is 12.4 Å². The molecule has 0 spiro atoms. The number of benzene rings is 1. The third kappa shape index (κ3) is 4.84. The normalized spacial score (nSPS) is 18.5. The molecule has 0 aromatic heterocycles. The van der Waals surface area contributed by atoms with Crippen molar-refractivity contribution >= 4 is 18.2 Å². The van der Waals surface area contributed by atoms with Gasteiger partial charge in [0.25, 0.3) is 0 Å². The highest BCUT2D eigenvalue weighted by Gasteiger charge is 2.13. The van der Waals surface area contributed by atoms with Gasteiger partial charge < -0.3 is 10.1 Å². The summed E-state index contributed by atoms with van der Waals surface area (Å²) in [6, 6.07) is 7.47. The Morgan fingerprint density at radius 2 is 2.21 bits per heavy atom. The number of rotatable bonds is 5. The van der Waals surface area contributed by atoms with Gasteiger partial charge >= 0.3 is 0 Å². The van der Waals surface area contributed by atoms with Gasteiger partial charge in [0.1, 0.15) is 5.75 Å². The van der Waals surface area contributed by atoms with Crippen molar-refractivity contribution in [2.75, 3.05) is 19.7 Å². The van der Waals surface area contributed by atoms with Crippen LogP contribution in [0.4, 0.5) is 0 Å². The van der Waals surface area contributed by atoms with Crippen LogP contribution in [0.15, 0.2) is 24.3 Å². The van der Waals surface area contributed by atoms with Crippen molar-refractivity contribution in [1.82, 2.24) is 5.32 Å². The average Bonchev–Trinajstić information content (AvgIpc) is 2.40. The minimum Gasteiger partial charge on any atom is -0.493 e. The van der Waals surface area contributed by atoms with Gasteiger partial charge in [0.05, 0.1) is 12.2 Å². The molecule has 1 unspecified atom stereocenters. The Morgan fingerprint density at radius 1 is 1.42 bits per heavy atom. The highest BCUT2D eigenvalue weighted by molar-refractivity contribution is 5.96. The molecule has 106 valence electrons. The minimum atomic E-state index is 0. The van der Waals surface area contributed by atoms with Crippen LogP contribution in [0.25, 0.3) is 0 Å². The molecule has 0 bridgehead atoms. The van der Waals surface area contributed by atoms with Gasteiger partial charge in [-0.05, 0) is 57.3 Å². The zero-order valence-electron chi connectivity index (χ0n) is 11.4. The first kappa shape index (κ1) is 16.0. The van der Waals surface area contributed by atoms with Crippen molar-refractivity contribution in [3.63, 3.8) is 0 Å². The average molecular weight is 284 g/mol. The van der Waals surface area contributed by atoms with Gasteiger partial charge in [-0.1, -0.05) is 12.1 Å². The summed E-state index contributed by atoms with van der Waals surface area (Å²) in [5.74, 6) is 1.49. The van der Waals surface area contributed by atoms with E-state index in [0.717, 1.165) is 19.5 Å². The molecule has 1 N–H and O–H groups in total. The molecule has 1 atom stereocenters. The fourth-order valence-corrected chi connectivity index (χ4v) is 2.39. The molecule has 1 aromatic carbocycles. The number of ether oxygens (including phenoxy) is 1. The molecule has 1 aromatic rings. The lowest BCUT2D eigenvalue weighted by Crippen LogP contribution is -2.30. The predicted molar refractivity (Wildman–Crippen MR) is 79.4 cm³/mol. The Hall–Kier alpha value is -1.06. The van der Waals surface area contributed by atoms with Gasteiger partial charge in [-0.2, -0.15) is 0 Å². The van der Waals surface area contributed by atoms with Crippen LogP contribution < -0.4 is 10.1 Å². The first-order chi connectivity index (χ1) is 8.77. The molecule has 0 aliphatic carbocycles. The van der Waals surface area contributed by atoms with E-state index in [1.54, 1.807) is 6.92 Å². The molecule has 2 rings (SSSR count). The second kappa shape index (κ2) is 8.18. The maximum Gasteiger partial charge on any atom is 0.163 e. The summed E-state index contributed by atoms with van der Waals surface area (Å²) in [6.07, 6.45) is 3.60. The number of ketones is 1. The Labute approximate surface area is 121 Å². The number of hydrogen-bond donors (Lipinski definition) is 1. The molecular formula is C15H22ClNO2. The third-order valence-corrected chi connectivity index (χ3v) is 3.45. The molecule has 1 saturated heterocycles. The van der Waals surface area contributed by atoms with Crippen molar-refractivity contribution in [1.29, 1.82) is 0 Å². The fourth-order valence-electron chi connectivity index (χ4n) is 2.39. The van der Waals surface area contributed by atoms with Gasteiger partial charge in [0.2, 0.25) is 0 Å². The molecular weight excluding hydrogens is 262 g/mol. The monoisotopic (exact) mass is 283 g/mol. The van der Waals surface area contributed by atoms with E-state index in [-0.39, 0.29) is 18.2 Å². The number of nitrogens with one attached hydrogen (secondary N) is 1. The largest absolute Gasteiger partial charge is 0.493 e. The van der Waals surface area contributed by atoms with E-state index in [2.05, 4.69) is 5.32 Å². The highest BCUT2D eigenvalue weighted by Crippen LogP contribution is 2.20. The van der Waals surface area contributed by atoms with Crippen LogP contribution in [-0.2, 0) is 0 Å². The lowest BCUT2D eigenvalue weighted by Gasteiger charge is -2.22. The number of halogens is 1. The lowest BCUT2D eigenvalue weighted by molar-refractivity contribution is 0.101. The van der Waals surface area contributed by atoms with E-state index in [9.17, 15) is 4.79 Å². The van der Waals surface area contributed by atoms with Crippen LogP contribution in [0.1, 0.15) is 36.5 Å². The van der Waals surface area contributed by atoms with Gasteiger partial charge in [0, 0.05) is 0 Å². The van der Waals surface area contributed by atoms with E-state index in [1.807, 2.05) is 24.3 Å². The topological polar surface area (TPSA) is 38.3 Å². The summed E-state index contributed by atoms with van der Waals surface area (Å²) in [7, 11) is 0. The van der Waals surface area contributed by atoms with Crippen molar-refractivity contribution < 1.29 is 9.53 Å².